The summed E-state index contributed by atoms with van der Waals surface area (Å²) in [5, 5.41) is 6.24. The molecule has 0 saturated carbocycles. The molecule has 2 heteroatoms. The highest BCUT2D eigenvalue weighted by Gasteiger charge is 2.09. The standard InChI is InChI=1S/C21H23NO/c1-15-13-17(11-12-21(15)23-3)14-22-16(2)19-10-6-8-18-7-4-5-9-20(18)19/h4-13,16,22H,14H2,1-3H3. The van der Waals surface area contributed by atoms with Gasteiger partial charge in [-0.05, 0) is 47.4 Å². The molecule has 0 spiro atoms. The molecule has 0 heterocycles. The van der Waals surface area contributed by atoms with Gasteiger partial charge in [-0.15, -0.1) is 0 Å². The van der Waals surface area contributed by atoms with Crippen LogP contribution in [0.15, 0.2) is 60.7 Å². The maximum absolute atomic E-state index is 5.32. The van der Waals surface area contributed by atoms with Gasteiger partial charge in [0.2, 0.25) is 0 Å². The van der Waals surface area contributed by atoms with Crippen molar-refractivity contribution in [2.75, 3.05) is 7.11 Å². The van der Waals surface area contributed by atoms with Crippen LogP contribution in [0.5, 0.6) is 5.75 Å². The summed E-state index contributed by atoms with van der Waals surface area (Å²) in [5.74, 6) is 0.941. The summed E-state index contributed by atoms with van der Waals surface area (Å²) >= 11 is 0. The van der Waals surface area contributed by atoms with Gasteiger partial charge in [0, 0.05) is 12.6 Å². The summed E-state index contributed by atoms with van der Waals surface area (Å²) < 4.78 is 5.32. The molecule has 1 unspecified atom stereocenters. The van der Waals surface area contributed by atoms with Gasteiger partial charge in [-0.2, -0.15) is 0 Å². The second-order valence-corrected chi connectivity index (χ2v) is 5.97. The number of nitrogens with one attached hydrogen (secondary N) is 1. The van der Waals surface area contributed by atoms with E-state index in [1.165, 1.54) is 27.5 Å². The normalized spacial score (nSPS) is 12.3. The Balaban J connectivity index is 1.76. The lowest BCUT2D eigenvalue weighted by molar-refractivity contribution is 0.411. The van der Waals surface area contributed by atoms with E-state index in [1.807, 2.05) is 6.07 Å². The van der Waals surface area contributed by atoms with E-state index in [0.717, 1.165) is 12.3 Å². The molecular weight excluding hydrogens is 282 g/mol. The molecule has 0 aliphatic heterocycles. The van der Waals surface area contributed by atoms with Crippen LogP contribution in [-0.2, 0) is 6.54 Å². The first-order chi connectivity index (χ1) is 11.2. The second kappa shape index (κ2) is 6.84. The highest BCUT2D eigenvalue weighted by Crippen LogP contribution is 2.25. The average Bonchev–Trinajstić information content (AvgIpc) is 2.59. The molecule has 2 nitrogen and oxygen atoms in total. The van der Waals surface area contributed by atoms with Gasteiger partial charge in [-0.1, -0.05) is 54.6 Å². The van der Waals surface area contributed by atoms with Crippen LogP contribution < -0.4 is 10.1 Å². The lowest BCUT2D eigenvalue weighted by Gasteiger charge is -2.17. The summed E-state index contributed by atoms with van der Waals surface area (Å²) in [7, 11) is 1.71. The molecule has 3 aromatic carbocycles. The van der Waals surface area contributed by atoms with Gasteiger partial charge in [-0.3, -0.25) is 0 Å². The van der Waals surface area contributed by atoms with Crippen LogP contribution in [0.4, 0.5) is 0 Å². The second-order valence-electron chi connectivity index (χ2n) is 5.97. The van der Waals surface area contributed by atoms with Crippen LogP contribution in [0.3, 0.4) is 0 Å². The third-order valence-corrected chi connectivity index (χ3v) is 4.36. The molecule has 0 amide bonds. The number of hydrogen-bond donors (Lipinski definition) is 1. The van der Waals surface area contributed by atoms with Gasteiger partial charge >= 0.3 is 0 Å². The predicted octanol–water partition coefficient (Wildman–Crippen LogP) is 5.01. The zero-order valence-electron chi connectivity index (χ0n) is 14.0. The molecule has 0 aliphatic carbocycles. The molecule has 0 fully saturated rings. The summed E-state index contributed by atoms with van der Waals surface area (Å²) in [6.45, 7) is 5.14. The fourth-order valence-corrected chi connectivity index (χ4v) is 3.06. The molecule has 0 radical (unpaired) electrons. The van der Waals surface area contributed by atoms with Crippen molar-refractivity contribution < 1.29 is 4.74 Å². The van der Waals surface area contributed by atoms with Crippen LogP contribution in [0.2, 0.25) is 0 Å². The van der Waals surface area contributed by atoms with Crippen molar-refractivity contribution in [2.24, 2.45) is 0 Å². The van der Waals surface area contributed by atoms with E-state index >= 15 is 0 Å². The van der Waals surface area contributed by atoms with E-state index in [-0.39, 0.29) is 0 Å². The molecule has 118 valence electrons. The van der Waals surface area contributed by atoms with Crippen LogP contribution >= 0.6 is 0 Å². The van der Waals surface area contributed by atoms with Gasteiger partial charge in [-0.25, -0.2) is 0 Å². The number of ether oxygens (including phenoxy) is 1. The molecular formula is C21H23NO. The van der Waals surface area contributed by atoms with Crippen molar-refractivity contribution in [2.45, 2.75) is 26.4 Å². The van der Waals surface area contributed by atoms with Crippen LogP contribution in [0.25, 0.3) is 10.8 Å². The number of benzene rings is 3. The monoisotopic (exact) mass is 305 g/mol. The van der Waals surface area contributed by atoms with Gasteiger partial charge < -0.3 is 10.1 Å². The van der Waals surface area contributed by atoms with Crippen molar-refractivity contribution in [3.8, 4) is 5.75 Å². The summed E-state index contributed by atoms with van der Waals surface area (Å²) in [5.41, 5.74) is 3.79. The van der Waals surface area contributed by atoms with Crippen molar-refractivity contribution in [3.63, 3.8) is 0 Å². The Bertz CT molecular complexity index is 805. The summed E-state index contributed by atoms with van der Waals surface area (Å²) in [6, 6.07) is 21.7. The molecule has 1 N–H and O–H groups in total. The van der Waals surface area contributed by atoms with Crippen LogP contribution in [0.1, 0.15) is 29.7 Å². The van der Waals surface area contributed by atoms with Gasteiger partial charge in [0.05, 0.1) is 7.11 Å². The minimum Gasteiger partial charge on any atom is -0.496 e. The molecule has 0 bridgehead atoms. The minimum absolute atomic E-state index is 0.295. The SMILES string of the molecule is COc1ccc(CNC(C)c2cccc3ccccc23)cc1C. The molecule has 23 heavy (non-hydrogen) atoms. The van der Waals surface area contributed by atoms with Crippen molar-refractivity contribution in [3.05, 3.63) is 77.4 Å². The zero-order chi connectivity index (χ0) is 16.2. The highest BCUT2D eigenvalue weighted by atomic mass is 16.5. The van der Waals surface area contributed by atoms with Crippen molar-refractivity contribution in [1.29, 1.82) is 0 Å². The largest absolute Gasteiger partial charge is 0.496 e. The maximum Gasteiger partial charge on any atom is 0.121 e. The Labute approximate surface area is 138 Å². The van der Waals surface area contributed by atoms with E-state index in [9.17, 15) is 0 Å². The number of fused-ring (bicyclic) bond motifs is 1. The lowest BCUT2D eigenvalue weighted by atomic mass is 9.99. The van der Waals surface area contributed by atoms with E-state index in [1.54, 1.807) is 7.11 Å². The van der Waals surface area contributed by atoms with Crippen molar-refractivity contribution >= 4 is 10.8 Å². The topological polar surface area (TPSA) is 21.3 Å². The number of methoxy groups -OCH3 is 1. The quantitative estimate of drug-likeness (QED) is 0.715. The minimum atomic E-state index is 0.295. The first kappa shape index (κ1) is 15.6. The third kappa shape index (κ3) is 3.38. The Hall–Kier alpha value is -2.32. The highest BCUT2D eigenvalue weighted by molar-refractivity contribution is 5.86. The molecule has 3 rings (SSSR count). The predicted molar refractivity (Wildman–Crippen MR) is 96.9 cm³/mol. The molecule has 0 aromatic heterocycles. The average molecular weight is 305 g/mol. The molecule has 0 saturated heterocycles. The first-order valence-corrected chi connectivity index (χ1v) is 8.03. The number of rotatable bonds is 5. The zero-order valence-corrected chi connectivity index (χ0v) is 14.0. The molecule has 0 aliphatic rings. The Morgan fingerprint density at radius 1 is 1.00 bits per heavy atom. The van der Waals surface area contributed by atoms with Crippen LogP contribution in [0, 0.1) is 6.92 Å². The Kier molecular flexibility index (Phi) is 4.63. The third-order valence-electron chi connectivity index (χ3n) is 4.36. The van der Waals surface area contributed by atoms with Gasteiger partial charge in [0.25, 0.3) is 0 Å². The van der Waals surface area contributed by atoms with Crippen LogP contribution in [-0.4, -0.2) is 7.11 Å². The van der Waals surface area contributed by atoms with Gasteiger partial charge in [0.15, 0.2) is 0 Å². The molecule has 3 aromatic rings. The summed E-state index contributed by atoms with van der Waals surface area (Å²) in [6.07, 6.45) is 0. The maximum atomic E-state index is 5.32. The van der Waals surface area contributed by atoms with E-state index in [4.69, 9.17) is 4.74 Å². The number of aryl methyl sites for hydroxylation is 1. The molecule has 1 atom stereocenters. The number of hydrogen-bond acceptors (Lipinski definition) is 2. The fourth-order valence-electron chi connectivity index (χ4n) is 3.06. The smallest absolute Gasteiger partial charge is 0.121 e. The first-order valence-electron chi connectivity index (χ1n) is 8.03. The van der Waals surface area contributed by atoms with Crippen molar-refractivity contribution in [1.82, 2.24) is 5.32 Å². The van der Waals surface area contributed by atoms with Gasteiger partial charge in [0.1, 0.15) is 5.75 Å². The Morgan fingerprint density at radius 2 is 1.78 bits per heavy atom. The Morgan fingerprint density at radius 3 is 2.57 bits per heavy atom. The lowest BCUT2D eigenvalue weighted by Crippen LogP contribution is -2.18. The fraction of sp³-hybridized carbons (Fsp3) is 0.238. The van der Waals surface area contributed by atoms with E-state index < -0.39 is 0 Å². The van der Waals surface area contributed by atoms with E-state index in [2.05, 4.69) is 73.8 Å². The van der Waals surface area contributed by atoms with E-state index in [0.29, 0.717) is 6.04 Å². The summed E-state index contributed by atoms with van der Waals surface area (Å²) in [4.78, 5) is 0.